The highest BCUT2D eigenvalue weighted by atomic mass is 32.1. The SMILES string of the molecule is CCNC(C)c1nnc(Cc2ccc(C(F)(F)F)cc2)s1. The van der Waals surface area contributed by atoms with E-state index >= 15 is 0 Å². The first kappa shape index (κ1) is 15.9. The minimum absolute atomic E-state index is 0.133. The maximum absolute atomic E-state index is 12.5. The summed E-state index contributed by atoms with van der Waals surface area (Å²) in [5.41, 5.74) is 0.159. The van der Waals surface area contributed by atoms with Crippen LogP contribution >= 0.6 is 11.3 Å². The molecule has 1 unspecified atom stereocenters. The smallest absolute Gasteiger partial charge is 0.308 e. The topological polar surface area (TPSA) is 37.8 Å². The highest BCUT2D eigenvalue weighted by molar-refractivity contribution is 7.11. The molecule has 0 aliphatic carbocycles. The summed E-state index contributed by atoms with van der Waals surface area (Å²) in [6.45, 7) is 4.86. The molecule has 1 atom stereocenters. The van der Waals surface area contributed by atoms with Crippen LogP contribution < -0.4 is 5.32 Å². The number of aromatic nitrogens is 2. The average molecular weight is 315 g/mol. The molecule has 0 aliphatic heterocycles. The molecular weight excluding hydrogens is 299 g/mol. The maximum Gasteiger partial charge on any atom is 0.416 e. The van der Waals surface area contributed by atoms with Gasteiger partial charge in [-0.15, -0.1) is 10.2 Å². The summed E-state index contributed by atoms with van der Waals surface area (Å²) in [5.74, 6) is 0. The van der Waals surface area contributed by atoms with Gasteiger partial charge < -0.3 is 5.32 Å². The Morgan fingerprint density at radius 1 is 1.19 bits per heavy atom. The predicted octanol–water partition coefficient (Wildman–Crippen LogP) is 3.82. The molecule has 0 amide bonds. The van der Waals surface area contributed by atoms with E-state index in [0.29, 0.717) is 6.42 Å². The lowest BCUT2D eigenvalue weighted by Gasteiger charge is -2.07. The third kappa shape index (κ3) is 4.25. The molecule has 0 saturated carbocycles. The van der Waals surface area contributed by atoms with Gasteiger partial charge in [0.2, 0.25) is 0 Å². The normalized spacial score (nSPS) is 13.4. The Hall–Kier alpha value is -1.47. The van der Waals surface area contributed by atoms with Gasteiger partial charge in [0.1, 0.15) is 10.0 Å². The van der Waals surface area contributed by atoms with Crippen molar-refractivity contribution in [3.63, 3.8) is 0 Å². The third-order valence-electron chi connectivity index (χ3n) is 3.00. The van der Waals surface area contributed by atoms with Crippen molar-refractivity contribution in [2.75, 3.05) is 6.54 Å². The van der Waals surface area contributed by atoms with E-state index in [9.17, 15) is 13.2 Å². The summed E-state index contributed by atoms with van der Waals surface area (Å²) in [6, 6.07) is 5.29. The average Bonchev–Trinajstić information content (AvgIpc) is 2.87. The standard InChI is InChI=1S/C14H16F3N3S/c1-3-18-9(2)13-20-19-12(21-13)8-10-4-6-11(7-5-10)14(15,16)17/h4-7,9,18H,3,8H2,1-2H3. The Bertz CT molecular complexity index is 578. The second-order valence-electron chi connectivity index (χ2n) is 4.68. The maximum atomic E-state index is 12.5. The van der Waals surface area contributed by atoms with Crippen LogP contribution in [0.15, 0.2) is 24.3 Å². The van der Waals surface area contributed by atoms with E-state index in [1.165, 1.54) is 23.5 Å². The number of nitrogens with one attached hydrogen (secondary N) is 1. The fourth-order valence-corrected chi connectivity index (χ4v) is 2.80. The number of benzene rings is 1. The molecule has 2 rings (SSSR count). The van der Waals surface area contributed by atoms with Gasteiger partial charge in [0, 0.05) is 6.42 Å². The molecule has 0 radical (unpaired) electrons. The van der Waals surface area contributed by atoms with E-state index in [1.807, 2.05) is 13.8 Å². The lowest BCUT2D eigenvalue weighted by molar-refractivity contribution is -0.137. The van der Waals surface area contributed by atoms with Crippen LogP contribution in [0, 0.1) is 0 Å². The second-order valence-corrected chi connectivity index (χ2v) is 5.78. The highest BCUT2D eigenvalue weighted by Gasteiger charge is 2.29. The molecule has 1 N–H and O–H groups in total. The Morgan fingerprint density at radius 3 is 2.43 bits per heavy atom. The molecule has 0 spiro atoms. The Balaban J connectivity index is 2.05. The molecule has 0 saturated heterocycles. The fourth-order valence-electron chi connectivity index (χ4n) is 1.89. The van der Waals surface area contributed by atoms with Gasteiger partial charge in [0.15, 0.2) is 0 Å². The van der Waals surface area contributed by atoms with Gasteiger partial charge in [-0.1, -0.05) is 30.4 Å². The Morgan fingerprint density at radius 2 is 1.86 bits per heavy atom. The van der Waals surface area contributed by atoms with Crippen molar-refractivity contribution < 1.29 is 13.2 Å². The van der Waals surface area contributed by atoms with Gasteiger partial charge in [0.25, 0.3) is 0 Å². The number of nitrogens with zero attached hydrogens (tertiary/aromatic N) is 2. The molecule has 0 fully saturated rings. The third-order valence-corrected chi connectivity index (χ3v) is 4.11. The van der Waals surface area contributed by atoms with Crippen LogP contribution in [0.5, 0.6) is 0 Å². The summed E-state index contributed by atoms with van der Waals surface area (Å²) in [5, 5.41) is 13.1. The Labute approximate surface area is 125 Å². The van der Waals surface area contributed by atoms with Crippen molar-refractivity contribution in [2.24, 2.45) is 0 Å². The van der Waals surface area contributed by atoms with E-state index in [0.717, 1.165) is 34.3 Å². The molecule has 1 aromatic heterocycles. The number of hydrogen-bond acceptors (Lipinski definition) is 4. The quantitative estimate of drug-likeness (QED) is 0.911. The molecule has 114 valence electrons. The summed E-state index contributed by atoms with van der Waals surface area (Å²) in [7, 11) is 0. The first-order valence-corrected chi connectivity index (χ1v) is 7.43. The summed E-state index contributed by atoms with van der Waals surface area (Å²) < 4.78 is 37.5. The van der Waals surface area contributed by atoms with Crippen LogP contribution in [0.4, 0.5) is 13.2 Å². The first-order valence-electron chi connectivity index (χ1n) is 6.62. The first-order chi connectivity index (χ1) is 9.90. The van der Waals surface area contributed by atoms with Crippen molar-refractivity contribution in [3.8, 4) is 0 Å². The lowest BCUT2D eigenvalue weighted by atomic mass is 10.1. The van der Waals surface area contributed by atoms with Crippen LogP contribution in [0.25, 0.3) is 0 Å². The summed E-state index contributed by atoms with van der Waals surface area (Å²) >= 11 is 1.48. The van der Waals surface area contributed by atoms with Gasteiger partial charge in [-0.3, -0.25) is 0 Å². The van der Waals surface area contributed by atoms with E-state index < -0.39 is 11.7 Å². The van der Waals surface area contributed by atoms with Crippen LogP contribution in [0.3, 0.4) is 0 Å². The minimum atomic E-state index is -4.30. The van der Waals surface area contributed by atoms with Gasteiger partial charge in [0.05, 0.1) is 11.6 Å². The van der Waals surface area contributed by atoms with Crippen molar-refractivity contribution in [1.82, 2.24) is 15.5 Å². The highest BCUT2D eigenvalue weighted by Crippen LogP contribution is 2.29. The molecule has 3 nitrogen and oxygen atoms in total. The summed E-state index contributed by atoms with van der Waals surface area (Å²) in [4.78, 5) is 0. The van der Waals surface area contributed by atoms with Crippen molar-refractivity contribution in [2.45, 2.75) is 32.5 Å². The van der Waals surface area contributed by atoms with Crippen molar-refractivity contribution in [1.29, 1.82) is 0 Å². The zero-order valence-corrected chi connectivity index (χ0v) is 12.6. The van der Waals surface area contributed by atoms with Crippen LogP contribution in [0.2, 0.25) is 0 Å². The van der Waals surface area contributed by atoms with Crippen LogP contribution in [0.1, 0.15) is 41.0 Å². The minimum Gasteiger partial charge on any atom is -0.308 e. The second kappa shape index (κ2) is 6.53. The molecule has 2 aromatic rings. The number of rotatable bonds is 5. The monoisotopic (exact) mass is 315 g/mol. The van der Waals surface area contributed by atoms with Crippen LogP contribution in [-0.4, -0.2) is 16.7 Å². The zero-order chi connectivity index (χ0) is 15.5. The van der Waals surface area contributed by atoms with Gasteiger partial charge in [-0.2, -0.15) is 13.2 Å². The van der Waals surface area contributed by atoms with E-state index in [-0.39, 0.29) is 6.04 Å². The predicted molar refractivity (Wildman–Crippen MR) is 76.3 cm³/mol. The van der Waals surface area contributed by atoms with Gasteiger partial charge in [-0.25, -0.2) is 0 Å². The fraction of sp³-hybridized carbons (Fsp3) is 0.429. The van der Waals surface area contributed by atoms with Gasteiger partial charge in [-0.05, 0) is 31.2 Å². The molecule has 1 aromatic carbocycles. The number of hydrogen-bond donors (Lipinski definition) is 1. The Kier molecular flexibility index (Phi) is 4.95. The van der Waals surface area contributed by atoms with Crippen molar-refractivity contribution >= 4 is 11.3 Å². The van der Waals surface area contributed by atoms with E-state index in [4.69, 9.17) is 0 Å². The molecule has 0 bridgehead atoms. The molecular formula is C14H16F3N3S. The number of alkyl halides is 3. The van der Waals surface area contributed by atoms with E-state index in [2.05, 4.69) is 15.5 Å². The van der Waals surface area contributed by atoms with Crippen LogP contribution in [-0.2, 0) is 12.6 Å². The lowest BCUT2D eigenvalue weighted by Crippen LogP contribution is -2.17. The van der Waals surface area contributed by atoms with E-state index in [1.54, 1.807) is 0 Å². The zero-order valence-electron chi connectivity index (χ0n) is 11.7. The molecule has 1 heterocycles. The molecule has 7 heteroatoms. The molecule has 0 aliphatic rings. The largest absolute Gasteiger partial charge is 0.416 e. The molecule has 21 heavy (non-hydrogen) atoms. The summed E-state index contributed by atoms with van der Waals surface area (Å²) in [6.07, 6.45) is -3.80. The van der Waals surface area contributed by atoms with Gasteiger partial charge >= 0.3 is 6.18 Å². The van der Waals surface area contributed by atoms with Crippen molar-refractivity contribution in [3.05, 3.63) is 45.4 Å². The number of halogens is 3.